The molecule has 2 aromatic rings. The number of carbonyl (C=O) groups is 2. The molecule has 0 fully saturated rings. The molecule has 2 atom stereocenters. The molecule has 4 N–H and O–H groups in total. The molecular weight excluding hydrogens is 435 g/mol. The number of sulfone groups is 1. The van der Waals surface area contributed by atoms with E-state index in [1.807, 2.05) is 30.3 Å². The molecule has 2 unspecified atom stereocenters. The van der Waals surface area contributed by atoms with Gasteiger partial charge in [0.15, 0.2) is 0 Å². The van der Waals surface area contributed by atoms with Gasteiger partial charge in [-0.3, -0.25) is 14.6 Å². The van der Waals surface area contributed by atoms with Gasteiger partial charge in [-0.2, -0.15) is 0 Å². The van der Waals surface area contributed by atoms with Gasteiger partial charge in [0, 0.05) is 18.6 Å². The molecule has 0 radical (unpaired) electrons. The largest absolute Gasteiger partial charge is 0.475 e. The van der Waals surface area contributed by atoms with Crippen LogP contribution in [0.25, 0.3) is 0 Å². The summed E-state index contributed by atoms with van der Waals surface area (Å²) in [6.45, 7) is 0. The highest BCUT2D eigenvalue weighted by molar-refractivity contribution is 7.90. The van der Waals surface area contributed by atoms with Gasteiger partial charge in [0.05, 0.1) is 17.9 Å². The smallest absolute Gasteiger partial charge is 0.426 e. The fraction of sp³-hybridized carbons (Fsp3) is 0.400. The maximum Gasteiger partial charge on any atom is 0.475 e. The predicted octanol–water partition coefficient (Wildman–Crippen LogP) is -0.471. The molecule has 32 heavy (non-hydrogen) atoms. The highest BCUT2D eigenvalue weighted by Crippen LogP contribution is 2.08. The number of aryl methyl sites for hydroxylation is 1. The highest BCUT2D eigenvalue weighted by Gasteiger charge is 2.30. The van der Waals surface area contributed by atoms with Crippen LogP contribution in [0.4, 0.5) is 0 Å². The maximum atomic E-state index is 12.8. The minimum absolute atomic E-state index is 0.0359. The lowest BCUT2D eigenvalue weighted by atomic mass is 9.76. The number of aromatic nitrogens is 2. The molecule has 12 heteroatoms. The Morgan fingerprint density at radius 1 is 1.09 bits per heavy atom. The first kappa shape index (κ1) is 25.4. The van der Waals surface area contributed by atoms with E-state index in [-0.39, 0.29) is 24.3 Å². The van der Waals surface area contributed by atoms with E-state index >= 15 is 0 Å². The van der Waals surface area contributed by atoms with Crippen molar-refractivity contribution >= 4 is 28.8 Å². The molecule has 1 heterocycles. The third-order valence-electron chi connectivity index (χ3n) is 4.71. The van der Waals surface area contributed by atoms with E-state index in [2.05, 4.69) is 20.6 Å². The number of hydrogen-bond donors (Lipinski definition) is 4. The van der Waals surface area contributed by atoms with Crippen LogP contribution in [0, 0.1) is 0 Å². The van der Waals surface area contributed by atoms with Crippen LogP contribution in [0.2, 0.25) is 0 Å². The topological polar surface area (TPSA) is 159 Å². The molecule has 2 rings (SSSR count). The third-order valence-corrected chi connectivity index (χ3v) is 5.68. The van der Waals surface area contributed by atoms with Crippen molar-refractivity contribution in [3.63, 3.8) is 0 Å². The Hall–Kier alpha value is -2.83. The Bertz CT molecular complexity index is 976. The Morgan fingerprint density at radius 2 is 1.81 bits per heavy atom. The standard InChI is InChI=1S/C20H27BN4O6S/c1-32(30,31)13-10-16(24-20(27)17-14-22-11-12-23-17)19(26)25-18(21(28)29)9-5-8-15-6-3-2-4-7-15/h2-4,6-7,11-12,14,16,18,28-29H,5,8-10,13H2,1H3,(H,24,27)(H,25,26). The van der Waals surface area contributed by atoms with Gasteiger partial charge in [-0.05, 0) is 31.2 Å². The quantitative estimate of drug-likeness (QED) is 0.308. The molecule has 0 spiro atoms. The number of hydrogen-bond acceptors (Lipinski definition) is 8. The van der Waals surface area contributed by atoms with Crippen LogP contribution in [0.3, 0.4) is 0 Å². The van der Waals surface area contributed by atoms with Crippen LogP contribution in [-0.2, 0) is 21.1 Å². The average Bonchev–Trinajstić information content (AvgIpc) is 2.76. The number of nitrogens with one attached hydrogen (secondary N) is 2. The first-order valence-corrected chi connectivity index (χ1v) is 12.2. The summed E-state index contributed by atoms with van der Waals surface area (Å²) in [5, 5.41) is 24.4. The fourth-order valence-electron chi connectivity index (χ4n) is 3.00. The van der Waals surface area contributed by atoms with Crippen molar-refractivity contribution in [2.75, 3.05) is 12.0 Å². The van der Waals surface area contributed by atoms with Crippen LogP contribution >= 0.6 is 0 Å². The van der Waals surface area contributed by atoms with E-state index < -0.39 is 40.8 Å². The zero-order chi connectivity index (χ0) is 23.6. The molecule has 0 bridgehead atoms. The van der Waals surface area contributed by atoms with Gasteiger partial charge in [0.25, 0.3) is 5.91 Å². The van der Waals surface area contributed by atoms with Gasteiger partial charge >= 0.3 is 7.12 Å². The predicted molar refractivity (Wildman–Crippen MR) is 119 cm³/mol. The van der Waals surface area contributed by atoms with E-state index in [0.29, 0.717) is 12.8 Å². The van der Waals surface area contributed by atoms with Crippen LogP contribution < -0.4 is 10.6 Å². The van der Waals surface area contributed by atoms with Crippen LogP contribution in [0.15, 0.2) is 48.9 Å². The van der Waals surface area contributed by atoms with Crippen LogP contribution in [0.5, 0.6) is 0 Å². The van der Waals surface area contributed by atoms with Crippen molar-refractivity contribution in [2.24, 2.45) is 0 Å². The lowest BCUT2D eigenvalue weighted by Crippen LogP contribution is -2.54. The summed E-state index contributed by atoms with van der Waals surface area (Å²) in [6, 6.07) is 8.40. The molecule has 10 nitrogen and oxygen atoms in total. The Labute approximate surface area is 187 Å². The number of benzene rings is 1. The van der Waals surface area contributed by atoms with Gasteiger partial charge < -0.3 is 20.7 Å². The second kappa shape index (κ2) is 12.3. The number of amides is 2. The zero-order valence-electron chi connectivity index (χ0n) is 17.7. The number of carbonyl (C=O) groups excluding carboxylic acids is 2. The van der Waals surface area contributed by atoms with Crippen LogP contribution in [-0.4, -0.2) is 71.4 Å². The number of rotatable bonds is 12. The zero-order valence-corrected chi connectivity index (χ0v) is 18.5. The molecule has 1 aromatic carbocycles. The summed E-state index contributed by atoms with van der Waals surface area (Å²) < 4.78 is 23.1. The first-order chi connectivity index (χ1) is 15.2. The summed E-state index contributed by atoms with van der Waals surface area (Å²) in [6.07, 6.45) is 6.28. The molecule has 0 saturated heterocycles. The molecule has 0 aliphatic rings. The number of nitrogens with zero attached hydrogens (tertiary/aromatic N) is 2. The van der Waals surface area contributed by atoms with Gasteiger partial charge in [0.2, 0.25) is 5.91 Å². The third kappa shape index (κ3) is 9.12. The molecule has 0 saturated carbocycles. The SMILES string of the molecule is CS(=O)(=O)CCC(NC(=O)c1cnccn1)C(=O)NC(CCCc1ccccc1)B(O)O. The Balaban J connectivity index is 2.03. The molecule has 2 amide bonds. The van der Waals surface area contributed by atoms with E-state index in [1.165, 1.54) is 18.6 Å². The lowest BCUT2D eigenvalue weighted by molar-refractivity contribution is -0.123. The van der Waals surface area contributed by atoms with Crippen LogP contribution in [0.1, 0.15) is 35.3 Å². The van der Waals surface area contributed by atoms with E-state index in [0.717, 1.165) is 11.8 Å². The second-order valence-electron chi connectivity index (χ2n) is 7.44. The van der Waals surface area contributed by atoms with E-state index in [1.54, 1.807) is 0 Å². The summed E-state index contributed by atoms with van der Waals surface area (Å²) >= 11 is 0. The molecule has 0 aliphatic heterocycles. The monoisotopic (exact) mass is 462 g/mol. The van der Waals surface area contributed by atoms with Gasteiger partial charge in [-0.15, -0.1) is 0 Å². The maximum absolute atomic E-state index is 12.8. The Kier molecular flexibility index (Phi) is 9.75. The van der Waals surface area contributed by atoms with Crippen molar-refractivity contribution in [3.05, 3.63) is 60.2 Å². The van der Waals surface area contributed by atoms with E-state index in [9.17, 15) is 28.1 Å². The van der Waals surface area contributed by atoms with Gasteiger partial charge in [-0.25, -0.2) is 13.4 Å². The summed E-state index contributed by atoms with van der Waals surface area (Å²) in [7, 11) is -5.22. The Morgan fingerprint density at radius 3 is 2.41 bits per heavy atom. The van der Waals surface area contributed by atoms with Crippen molar-refractivity contribution in [1.82, 2.24) is 20.6 Å². The molecule has 1 aromatic heterocycles. The first-order valence-electron chi connectivity index (χ1n) is 10.1. The van der Waals surface area contributed by atoms with Gasteiger partial charge in [-0.1, -0.05) is 30.3 Å². The summed E-state index contributed by atoms with van der Waals surface area (Å²) in [5.74, 6) is -2.74. The fourth-order valence-corrected chi connectivity index (χ4v) is 3.66. The molecule has 172 valence electrons. The average molecular weight is 462 g/mol. The lowest BCUT2D eigenvalue weighted by Gasteiger charge is -2.23. The van der Waals surface area contributed by atoms with Crippen molar-refractivity contribution in [1.29, 1.82) is 0 Å². The highest BCUT2D eigenvalue weighted by atomic mass is 32.2. The van der Waals surface area contributed by atoms with Gasteiger partial charge in [0.1, 0.15) is 21.6 Å². The summed E-state index contributed by atoms with van der Waals surface area (Å²) in [4.78, 5) is 32.8. The normalized spacial score (nSPS) is 13.1. The van der Waals surface area contributed by atoms with Crippen molar-refractivity contribution in [3.8, 4) is 0 Å². The minimum atomic E-state index is -3.40. The minimum Gasteiger partial charge on any atom is -0.426 e. The van der Waals surface area contributed by atoms with Crippen molar-refractivity contribution < 1.29 is 28.1 Å². The van der Waals surface area contributed by atoms with Crippen molar-refractivity contribution in [2.45, 2.75) is 37.7 Å². The molecular formula is C20H27BN4O6S. The molecule has 0 aliphatic carbocycles. The summed E-state index contributed by atoms with van der Waals surface area (Å²) in [5.41, 5.74) is 1.04. The van der Waals surface area contributed by atoms with E-state index in [4.69, 9.17) is 0 Å². The second-order valence-corrected chi connectivity index (χ2v) is 9.70.